The fourth-order valence-electron chi connectivity index (χ4n) is 1.86. The monoisotopic (exact) mass is 349 g/mol. The Morgan fingerprint density at radius 1 is 1.29 bits per heavy atom. The molecule has 0 atom stereocenters. The summed E-state index contributed by atoms with van der Waals surface area (Å²) in [5.41, 5.74) is 2.40. The van der Waals surface area contributed by atoms with Crippen LogP contribution >= 0.6 is 15.9 Å². The van der Waals surface area contributed by atoms with Crippen molar-refractivity contribution in [2.45, 2.75) is 13.8 Å². The van der Waals surface area contributed by atoms with E-state index in [-0.39, 0.29) is 11.6 Å². The van der Waals surface area contributed by atoms with E-state index in [4.69, 9.17) is 0 Å². The Balaban J connectivity index is 2.25. The van der Waals surface area contributed by atoms with Gasteiger partial charge in [0.1, 0.15) is 5.69 Å². The minimum absolute atomic E-state index is 0.0515. The van der Waals surface area contributed by atoms with Gasteiger partial charge in [0.25, 0.3) is 11.6 Å². The van der Waals surface area contributed by atoms with Gasteiger partial charge in [-0.25, -0.2) is 4.98 Å². The van der Waals surface area contributed by atoms with Crippen molar-refractivity contribution in [1.82, 2.24) is 4.98 Å². The molecule has 1 aromatic heterocycles. The fraction of sp³-hybridized carbons (Fsp3) is 0.143. The highest BCUT2D eigenvalue weighted by Gasteiger charge is 2.13. The third kappa shape index (κ3) is 3.63. The molecule has 0 aliphatic carbocycles. The number of benzene rings is 1. The summed E-state index contributed by atoms with van der Waals surface area (Å²) in [5.74, 6) is -0.364. The molecule has 6 nitrogen and oxygen atoms in total. The number of halogens is 1. The molecule has 0 spiro atoms. The highest BCUT2D eigenvalue weighted by atomic mass is 79.9. The van der Waals surface area contributed by atoms with Gasteiger partial charge in [0.2, 0.25) is 0 Å². The van der Waals surface area contributed by atoms with Crippen LogP contribution in [0.3, 0.4) is 0 Å². The number of aromatic nitrogens is 1. The highest BCUT2D eigenvalue weighted by molar-refractivity contribution is 9.10. The van der Waals surface area contributed by atoms with Crippen LogP contribution in [-0.2, 0) is 0 Å². The van der Waals surface area contributed by atoms with E-state index in [0.717, 1.165) is 11.3 Å². The van der Waals surface area contributed by atoms with Crippen LogP contribution in [0, 0.1) is 24.0 Å². The first-order valence-electron chi connectivity index (χ1n) is 6.07. The van der Waals surface area contributed by atoms with E-state index in [2.05, 4.69) is 26.2 Å². The minimum Gasteiger partial charge on any atom is -0.320 e. The van der Waals surface area contributed by atoms with Gasteiger partial charge in [0.15, 0.2) is 0 Å². The number of nitrogens with one attached hydrogen (secondary N) is 1. The van der Waals surface area contributed by atoms with Crippen molar-refractivity contribution in [2.24, 2.45) is 0 Å². The predicted molar refractivity (Wildman–Crippen MR) is 82.5 cm³/mol. The summed E-state index contributed by atoms with van der Waals surface area (Å²) in [6, 6.07) is 7.70. The lowest BCUT2D eigenvalue weighted by atomic mass is 10.2. The second-order valence-corrected chi connectivity index (χ2v) is 5.40. The van der Waals surface area contributed by atoms with E-state index in [1.165, 1.54) is 18.2 Å². The molecule has 0 fully saturated rings. The van der Waals surface area contributed by atoms with Crippen molar-refractivity contribution in [3.63, 3.8) is 0 Å². The Morgan fingerprint density at radius 2 is 2.00 bits per heavy atom. The Morgan fingerprint density at radius 3 is 2.57 bits per heavy atom. The van der Waals surface area contributed by atoms with E-state index in [1.807, 2.05) is 19.9 Å². The molecule has 0 unspecified atom stereocenters. The summed E-state index contributed by atoms with van der Waals surface area (Å²) < 4.78 is 0.439. The van der Waals surface area contributed by atoms with E-state index < -0.39 is 4.92 Å². The van der Waals surface area contributed by atoms with Gasteiger partial charge >= 0.3 is 0 Å². The van der Waals surface area contributed by atoms with E-state index in [9.17, 15) is 14.9 Å². The average molecular weight is 350 g/mol. The Bertz CT molecular complexity index is 711. The molecule has 0 aliphatic heterocycles. The summed E-state index contributed by atoms with van der Waals surface area (Å²) in [4.78, 5) is 26.5. The number of pyridine rings is 1. The van der Waals surface area contributed by atoms with Crippen LogP contribution in [0.25, 0.3) is 0 Å². The van der Waals surface area contributed by atoms with Gasteiger partial charge in [-0.05, 0) is 53.5 Å². The lowest BCUT2D eigenvalue weighted by Gasteiger charge is -2.08. The Kier molecular flexibility index (Phi) is 4.32. The molecule has 0 radical (unpaired) electrons. The van der Waals surface area contributed by atoms with Gasteiger partial charge in [-0.2, -0.15) is 0 Å². The molecule has 2 rings (SSSR count). The third-order valence-electron chi connectivity index (χ3n) is 2.74. The van der Waals surface area contributed by atoms with Crippen LogP contribution < -0.4 is 5.32 Å². The van der Waals surface area contributed by atoms with Gasteiger partial charge in [0.05, 0.1) is 10.6 Å². The van der Waals surface area contributed by atoms with Crippen molar-refractivity contribution in [3.05, 3.63) is 61.9 Å². The SMILES string of the molecule is Cc1cc(C)nc(C(=O)Nc2ccc([N+](=O)[O-])cc2Br)c1. The standard InChI is InChI=1S/C14H12BrN3O3/c1-8-5-9(2)16-13(6-8)14(19)17-12-4-3-10(18(20)21)7-11(12)15/h3-7H,1-2H3,(H,17,19). The number of anilines is 1. The van der Waals surface area contributed by atoms with E-state index >= 15 is 0 Å². The molecule has 7 heteroatoms. The van der Waals surface area contributed by atoms with E-state index in [1.54, 1.807) is 6.07 Å². The van der Waals surface area contributed by atoms with Crippen LogP contribution in [0.1, 0.15) is 21.7 Å². The molecular formula is C14H12BrN3O3. The van der Waals surface area contributed by atoms with Gasteiger partial charge in [-0.1, -0.05) is 0 Å². The Hall–Kier alpha value is -2.28. The number of nitro groups is 1. The van der Waals surface area contributed by atoms with Crippen LogP contribution in [0.4, 0.5) is 11.4 Å². The highest BCUT2D eigenvalue weighted by Crippen LogP contribution is 2.27. The van der Waals surface area contributed by atoms with Crippen LogP contribution in [0.5, 0.6) is 0 Å². The maximum absolute atomic E-state index is 12.2. The van der Waals surface area contributed by atoms with E-state index in [0.29, 0.717) is 15.9 Å². The number of hydrogen-bond donors (Lipinski definition) is 1. The predicted octanol–water partition coefficient (Wildman–Crippen LogP) is 3.62. The Labute approximate surface area is 129 Å². The topological polar surface area (TPSA) is 85.1 Å². The van der Waals surface area contributed by atoms with Crippen molar-refractivity contribution < 1.29 is 9.72 Å². The summed E-state index contributed by atoms with van der Waals surface area (Å²) in [6.45, 7) is 3.69. The summed E-state index contributed by atoms with van der Waals surface area (Å²) in [7, 11) is 0. The van der Waals surface area contributed by atoms with Gasteiger partial charge in [0, 0.05) is 22.3 Å². The number of carbonyl (C=O) groups is 1. The summed E-state index contributed by atoms with van der Waals surface area (Å²) in [5, 5.41) is 13.3. The minimum atomic E-state index is -0.498. The summed E-state index contributed by atoms with van der Waals surface area (Å²) in [6.07, 6.45) is 0. The number of non-ortho nitro benzene ring substituents is 1. The zero-order chi connectivity index (χ0) is 15.6. The first-order chi connectivity index (χ1) is 9.86. The van der Waals surface area contributed by atoms with Crippen LogP contribution in [-0.4, -0.2) is 15.8 Å². The number of rotatable bonds is 3. The molecule has 108 valence electrons. The number of nitro benzene ring substituents is 1. The van der Waals surface area contributed by atoms with Gasteiger partial charge in [-0.15, -0.1) is 0 Å². The van der Waals surface area contributed by atoms with Crippen molar-refractivity contribution in [3.8, 4) is 0 Å². The first kappa shape index (κ1) is 15.1. The van der Waals surface area contributed by atoms with Crippen molar-refractivity contribution >= 4 is 33.2 Å². The zero-order valence-corrected chi connectivity index (χ0v) is 13.0. The quantitative estimate of drug-likeness (QED) is 0.677. The number of nitrogens with zero attached hydrogens (tertiary/aromatic N) is 2. The molecule has 1 heterocycles. The molecule has 0 bridgehead atoms. The lowest BCUT2D eigenvalue weighted by Crippen LogP contribution is -2.14. The maximum Gasteiger partial charge on any atom is 0.274 e. The number of aryl methyl sites for hydroxylation is 2. The van der Waals surface area contributed by atoms with Crippen molar-refractivity contribution in [2.75, 3.05) is 5.32 Å². The van der Waals surface area contributed by atoms with Crippen molar-refractivity contribution in [1.29, 1.82) is 0 Å². The first-order valence-corrected chi connectivity index (χ1v) is 6.86. The average Bonchev–Trinajstić information content (AvgIpc) is 2.39. The largest absolute Gasteiger partial charge is 0.320 e. The smallest absolute Gasteiger partial charge is 0.274 e. The lowest BCUT2D eigenvalue weighted by molar-refractivity contribution is -0.384. The third-order valence-corrected chi connectivity index (χ3v) is 3.40. The maximum atomic E-state index is 12.2. The molecule has 0 saturated heterocycles. The molecule has 21 heavy (non-hydrogen) atoms. The van der Waals surface area contributed by atoms with Gasteiger partial charge < -0.3 is 5.32 Å². The molecule has 0 saturated carbocycles. The molecule has 1 amide bonds. The second kappa shape index (κ2) is 6.01. The molecule has 1 aromatic carbocycles. The van der Waals surface area contributed by atoms with Crippen LogP contribution in [0.2, 0.25) is 0 Å². The number of amides is 1. The summed E-state index contributed by atoms with van der Waals surface area (Å²) >= 11 is 3.21. The number of carbonyl (C=O) groups excluding carboxylic acids is 1. The molecule has 1 N–H and O–H groups in total. The number of hydrogen-bond acceptors (Lipinski definition) is 4. The van der Waals surface area contributed by atoms with Gasteiger partial charge in [-0.3, -0.25) is 14.9 Å². The zero-order valence-electron chi connectivity index (χ0n) is 11.4. The molecule has 0 aliphatic rings. The van der Waals surface area contributed by atoms with Crippen LogP contribution in [0.15, 0.2) is 34.8 Å². The molecular weight excluding hydrogens is 338 g/mol. The fourth-order valence-corrected chi connectivity index (χ4v) is 2.33. The normalized spacial score (nSPS) is 10.2. The molecule has 2 aromatic rings. The second-order valence-electron chi connectivity index (χ2n) is 4.55.